The third-order valence-electron chi connectivity index (χ3n) is 5.69. The van der Waals surface area contributed by atoms with Gasteiger partial charge >= 0.3 is 0 Å². The van der Waals surface area contributed by atoms with Crippen molar-refractivity contribution in [2.24, 2.45) is 0 Å². The smallest absolute Gasteiger partial charge is 0.254 e. The van der Waals surface area contributed by atoms with E-state index in [0.717, 1.165) is 10.8 Å². The van der Waals surface area contributed by atoms with Crippen LogP contribution in [0.15, 0.2) is 59.8 Å². The Labute approximate surface area is 193 Å². The summed E-state index contributed by atoms with van der Waals surface area (Å²) >= 11 is 0. The molecule has 2 aromatic carbocycles. The second-order valence-electron chi connectivity index (χ2n) is 7.71. The van der Waals surface area contributed by atoms with E-state index in [0.29, 0.717) is 23.2 Å². The Balaban J connectivity index is 0.00000289. The zero-order valence-corrected chi connectivity index (χ0v) is 19.4. The van der Waals surface area contributed by atoms with Crippen molar-refractivity contribution in [2.45, 2.75) is 24.8 Å². The second-order valence-corrected chi connectivity index (χ2v) is 9.61. The lowest BCUT2D eigenvalue weighted by Crippen LogP contribution is -2.55. The number of hydrogen-bond acceptors (Lipinski definition) is 5. The van der Waals surface area contributed by atoms with E-state index in [1.807, 2.05) is 31.2 Å². The summed E-state index contributed by atoms with van der Waals surface area (Å²) in [6, 6.07) is 13.7. The van der Waals surface area contributed by atoms with Gasteiger partial charge in [0.25, 0.3) is 5.91 Å². The van der Waals surface area contributed by atoms with Crippen LogP contribution in [0.3, 0.4) is 0 Å². The second kappa shape index (κ2) is 9.25. The molecule has 0 spiro atoms. The first-order valence-corrected chi connectivity index (χ1v) is 11.4. The molecule has 1 aliphatic heterocycles. The molecule has 0 N–H and O–H groups in total. The Morgan fingerprint density at radius 1 is 1.19 bits per heavy atom. The number of sulfonamides is 1. The first-order valence-electron chi connectivity index (χ1n) is 9.97. The standard InChI is InChI=1S/C23H22N4O3S.ClH/c1-16-12-18(13-24)6-7-22(16)31(29,30)26-10-11-27(17(2)15-26)23(28)20-5-3-4-19-8-9-25-14-21(19)20;/h3-9,12,14,17H,10-11,15H2,1-2H3;1H/t17-;/m0./s1. The van der Waals surface area contributed by atoms with Gasteiger partial charge in [-0.3, -0.25) is 9.78 Å². The van der Waals surface area contributed by atoms with E-state index in [1.54, 1.807) is 36.4 Å². The molecule has 166 valence electrons. The highest BCUT2D eigenvalue weighted by Gasteiger charge is 2.35. The van der Waals surface area contributed by atoms with E-state index in [-0.39, 0.29) is 42.3 Å². The zero-order valence-electron chi connectivity index (χ0n) is 17.7. The van der Waals surface area contributed by atoms with Gasteiger partial charge in [-0.25, -0.2) is 8.42 Å². The minimum atomic E-state index is -3.72. The molecule has 0 aliphatic carbocycles. The summed E-state index contributed by atoms with van der Waals surface area (Å²) < 4.78 is 27.8. The van der Waals surface area contributed by atoms with Gasteiger partial charge in [-0.2, -0.15) is 9.57 Å². The highest BCUT2D eigenvalue weighted by atomic mass is 35.5. The molecule has 1 atom stereocenters. The summed E-state index contributed by atoms with van der Waals surface area (Å²) in [5.41, 5.74) is 1.52. The van der Waals surface area contributed by atoms with E-state index in [1.165, 1.54) is 16.4 Å². The molecule has 4 rings (SSSR count). The van der Waals surface area contributed by atoms with E-state index in [2.05, 4.69) is 4.98 Å². The van der Waals surface area contributed by atoms with Crippen molar-refractivity contribution in [2.75, 3.05) is 19.6 Å². The first-order chi connectivity index (χ1) is 14.8. The first kappa shape index (κ1) is 23.7. The molecular weight excluding hydrogens is 448 g/mol. The number of carbonyl (C=O) groups excluding carboxylic acids is 1. The number of piperazine rings is 1. The van der Waals surface area contributed by atoms with E-state index < -0.39 is 10.0 Å². The van der Waals surface area contributed by atoms with Crippen LogP contribution in [0.25, 0.3) is 10.8 Å². The fourth-order valence-electron chi connectivity index (χ4n) is 4.05. The minimum absolute atomic E-state index is 0. The van der Waals surface area contributed by atoms with Crippen LogP contribution < -0.4 is 0 Å². The van der Waals surface area contributed by atoms with Crippen LogP contribution in [0.2, 0.25) is 0 Å². The van der Waals surface area contributed by atoms with Crippen LogP contribution in [-0.2, 0) is 10.0 Å². The van der Waals surface area contributed by atoms with Crippen LogP contribution in [-0.4, -0.2) is 54.2 Å². The third kappa shape index (κ3) is 4.19. The number of aryl methyl sites for hydroxylation is 1. The van der Waals surface area contributed by atoms with Crippen molar-refractivity contribution in [3.63, 3.8) is 0 Å². The number of halogens is 1. The van der Waals surface area contributed by atoms with Crippen LogP contribution in [0.1, 0.15) is 28.4 Å². The van der Waals surface area contributed by atoms with E-state index >= 15 is 0 Å². The Morgan fingerprint density at radius 3 is 2.66 bits per heavy atom. The highest BCUT2D eigenvalue weighted by molar-refractivity contribution is 7.89. The lowest BCUT2D eigenvalue weighted by Gasteiger charge is -2.39. The van der Waals surface area contributed by atoms with Gasteiger partial charge < -0.3 is 4.90 Å². The van der Waals surface area contributed by atoms with Gasteiger partial charge in [0.15, 0.2) is 0 Å². The summed E-state index contributed by atoms with van der Waals surface area (Å²) in [7, 11) is -3.72. The number of benzene rings is 2. The molecule has 1 saturated heterocycles. The maximum atomic E-state index is 13.3. The lowest BCUT2D eigenvalue weighted by molar-refractivity contribution is 0.0593. The summed E-state index contributed by atoms with van der Waals surface area (Å²) in [6.45, 7) is 4.25. The zero-order chi connectivity index (χ0) is 22.2. The van der Waals surface area contributed by atoms with Crippen LogP contribution in [0.4, 0.5) is 0 Å². The largest absolute Gasteiger partial charge is 0.333 e. The minimum Gasteiger partial charge on any atom is -0.333 e. The van der Waals surface area contributed by atoms with Gasteiger partial charge in [-0.05, 0) is 55.1 Å². The van der Waals surface area contributed by atoms with Crippen molar-refractivity contribution >= 4 is 39.1 Å². The summed E-state index contributed by atoms with van der Waals surface area (Å²) in [4.78, 5) is 19.3. The van der Waals surface area contributed by atoms with Crippen molar-refractivity contribution in [1.29, 1.82) is 5.26 Å². The Morgan fingerprint density at radius 2 is 1.97 bits per heavy atom. The number of carbonyl (C=O) groups is 1. The molecule has 32 heavy (non-hydrogen) atoms. The van der Waals surface area contributed by atoms with Gasteiger partial charge in [0.1, 0.15) is 0 Å². The monoisotopic (exact) mass is 470 g/mol. The highest BCUT2D eigenvalue weighted by Crippen LogP contribution is 2.26. The van der Waals surface area contributed by atoms with Gasteiger partial charge in [-0.1, -0.05) is 12.1 Å². The maximum Gasteiger partial charge on any atom is 0.254 e. The van der Waals surface area contributed by atoms with E-state index in [4.69, 9.17) is 5.26 Å². The van der Waals surface area contributed by atoms with Crippen molar-refractivity contribution in [1.82, 2.24) is 14.2 Å². The lowest BCUT2D eigenvalue weighted by atomic mass is 10.0. The fourth-order valence-corrected chi connectivity index (χ4v) is 5.76. The van der Waals surface area contributed by atoms with Gasteiger partial charge in [-0.15, -0.1) is 12.4 Å². The van der Waals surface area contributed by atoms with Gasteiger partial charge in [0.2, 0.25) is 10.0 Å². The Kier molecular flexibility index (Phi) is 6.84. The molecule has 1 amide bonds. The number of nitriles is 1. The molecule has 3 aromatic rings. The molecule has 0 radical (unpaired) electrons. The predicted molar refractivity (Wildman–Crippen MR) is 124 cm³/mol. The molecule has 7 nitrogen and oxygen atoms in total. The average Bonchev–Trinajstić information content (AvgIpc) is 2.77. The maximum absolute atomic E-state index is 13.3. The molecule has 2 heterocycles. The molecule has 0 unspecified atom stereocenters. The molecule has 9 heteroatoms. The van der Waals surface area contributed by atoms with Crippen LogP contribution in [0, 0.1) is 18.3 Å². The Bertz CT molecular complexity index is 1320. The number of fused-ring (bicyclic) bond motifs is 1. The quantitative estimate of drug-likeness (QED) is 0.585. The normalized spacial score (nSPS) is 16.9. The van der Waals surface area contributed by atoms with Gasteiger partial charge in [0.05, 0.1) is 16.5 Å². The molecule has 1 aliphatic rings. The molecule has 0 saturated carbocycles. The number of hydrogen-bond donors (Lipinski definition) is 0. The van der Waals surface area contributed by atoms with E-state index in [9.17, 15) is 13.2 Å². The van der Waals surface area contributed by atoms with Gasteiger partial charge in [0, 0.05) is 49.0 Å². The summed E-state index contributed by atoms with van der Waals surface area (Å²) in [5.74, 6) is -0.127. The fraction of sp³-hybridized carbons (Fsp3) is 0.261. The Hall–Kier alpha value is -2.99. The molecule has 0 bridgehead atoms. The molecular formula is C23H23ClN4O3S. The van der Waals surface area contributed by atoms with Crippen LogP contribution >= 0.6 is 12.4 Å². The van der Waals surface area contributed by atoms with Crippen LogP contribution in [0.5, 0.6) is 0 Å². The average molecular weight is 471 g/mol. The summed E-state index contributed by atoms with van der Waals surface area (Å²) in [6.07, 6.45) is 3.37. The van der Waals surface area contributed by atoms with Crippen molar-refractivity contribution in [3.05, 3.63) is 71.5 Å². The summed E-state index contributed by atoms with van der Waals surface area (Å²) in [5, 5.41) is 10.7. The number of amides is 1. The number of rotatable bonds is 3. The topological polar surface area (TPSA) is 94.4 Å². The van der Waals surface area contributed by atoms with Crippen molar-refractivity contribution < 1.29 is 13.2 Å². The number of pyridine rings is 1. The number of aromatic nitrogens is 1. The van der Waals surface area contributed by atoms with Crippen molar-refractivity contribution in [3.8, 4) is 6.07 Å². The number of nitrogens with zero attached hydrogens (tertiary/aromatic N) is 4. The molecule has 1 aromatic heterocycles. The molecule has 1 fully saturated rings. The SMILES string of the molecule is Cc1cc(C#N)ccc1S(=O)(=O)N1CCN(C(=O)c2cccc3ccncc23)[C@@H](C)C1.Cl. The predicted octanol–water partition coefficient (Wildman–Crippen LogP) is 3.37. The third-order valence-corrected chi connectivity index (χ3v) is 7.71.